The van der Waals surface area contributed by atoms with Crippen molar-refractivity contribution < 1.29 is 18.3 Å². The minimum Gasteiger partial charge on any atom is -0.493 e. The first-order chi connectivity index (χ1) is 9.79. The maximum absolute atomic E-state index is 13.5. The Morgan fingerprint density at radius 3 is 2.65 bits per heavy atom. The van der Waals surface area contributed by atoms with Gasteiger partial charge >= 0.3 is 0 Å². The number of benzene rings is 2. The minimum atomic E-state index is -0.369. The summed E-state index contributed by atoms with van der Waals surface area (Å²) in [5.41, 5.74) is 1.05. The van der Waals surface area contributed by atoms with Gasteiger partial charge in [0.05, 0.1) is 13.4 Å². The van der Waals surface area contributed by atoms with Crippen molar-refractivity contribution >= 4 is 11.0 Å². The summed E-state index contributed by atoms with van der Waals surface area (Å²) in [7, 11) is 1.59. The summed E-state index contributed by atoms with van der Waals surface area (Å²) in [4.78, 5) is 0. The summed E-state index contributed by atoms with van der Waals surface area (Å²) >= 11 is 0. The molecule has 20 heavy (non-hydrogen) atoms. The normalized spacial score (nSPS) is 10.7. The number of hydrogen-bond donors (Lipinski definition) is 0. The Bertz CT molecular complexity index is 733. The highest BCUT2D eigenvalue weighted by Gasteiger charge is 2.11. The molecule has 0 N–H and O–H groups in total. The lowest BCUT2D eigenvalue weighted by molar-refractivity contribution is 0.284. The fourth-order valence-corrected chi connectivity index (χ4v) is 2.08. The number of methoxy groups -OCH3 is 1. The number of rotatable bonds is 4. The summed E-state index contributed by atoms with van der Waals surface area (Å²) in [6, 6.07) is 12.2. The Morgan fingerprint density at radius 1 is 1.05 bits per heavy atom. The van der Waals surface area contributed by atoms with Crippen molar-refractivity contribution in [2.24, 2.45) is 0 Å². The van der Waals surface area contributed by atoms with Crippen LogP contribution < -0.4 is 9.47 Å². The van der Waals surface area contributed by atoms with Gasteiger partial charge in [-0.05, 0) is 18.2 Å². The molecule has 0 amide bonds. The molecule has 3 rings (SSSR count). The predicted molar refractivity (Wildman–Crippen MR) is 73.5 cm³/mol. The molecular weight excluding hydrogens is 259 g/mol. The Kier molecular flexibility index (Phi) is 3.29. The number of furan rings is 1. The van der Waals surface area contributed by atoms with Crippen LogP contribution in [0.3, 0.4) is 0 Å². The average Bonchev–Trinajstić information content (AvgIpc) is 2.90. The van der Waals surface area contributed by atoms with Gasteiger partial charge in [0.25, 0.3) is 0 Å². The second-order valence-corrected chi connectivity index (χ2v) is 4.32. The van der Waals surface area contributed by atoms with Crippen LogP contribution in [0.15, 0.2) is 53.1 Å². The van der Waals surface area contributed by atoms with Crippen molar-refractivity contribution in [3.8, 4) is 11.5 Å². The van der Waals surface area contributed by atoms with Crippen LogP contribution in [0.5, 0.6) is 11.5 Å². The van der Waals surface area contributed by atoms with Gasteiger partial charge in [0, 0.05) is 10.9 Å². The lowest BCUT2D eigenvalue weighted by Crippen LogP contribution is -1.96. The van der Waals surface area contributed by atoms with Crippen molar-refractivity contribution in [2.45, 2.75) is 6.61 Å². The smallest absolute Gasteiger partial charge is 0.169 e. The van der Waals surface area contributed by atoms with Gasteiger partial charge in [-0.1, -0.05) is 24.3 Å². The average molecular weight is 272 g/mol. The summed E-state index contributed by atoms with van der Waals surface area (Å²) in [5.74, 6) is 0.929. The molecule has 0 radical (unpaired) electrons. The first kappa shape index (κ1) is 12.5. The van der Waals surface area contributed by atoms with E-state index in [1.165, 1.54) is 12.3 Å². The molecule has 0 unspecified atom stereocenters. The molecule has 102 valence electrons. The van der Waals surface area contributed by atoms with E-state index >= 15 is 0 Å². The molecule has 0 fully saturated rings. The number of fused-ring (bicyclic) bond motifs is 1. The third kappa shape index (κ3) is 2.20. The molecule has 1 heterocycles. The Hall–Kier alpha value is -2.49. The van der Waals surface area contributed by atoms with E-state index in [1.54, 1.807) is 13.2 Å². The molecule has 0 saturated heterocycles. The highest BCUT2D eigenvalue weighted by atomic mass is 19.1. The summed E-state index contributed by atoms with van der Waals surface area (Å²) in [5, 5.41) is 0.722. The third-order valence-electron chi connectivity index (χ3n) is 3.08. The highest BCUT2D eigenvalue weighted by molar-refractivity contribution is 5.81. The zero-order chi connectivity index (χ0) is 13.9. The molecule has 3 nitrogen and oxygen atoms in total. The predicted octanol–water partition coefficient (Wildman–Crippen LogP) is 4.16. The van der Waals surface area contributed by atoms with Crippen LogP contribution >= 0.6 is 0 Å². The Morgan fingerprint density at radius 2 is 1.85 bits per heavy atom. The topological polar surface area (TPSA) is 31.6 Å². The van der Waals surface area contributed by atoms with E-state index in [2.05, 4.69) is 0 Å². The summed E-state index contributed by atoms with van der Waals surface area (Å²) in [6.45, 7) is 0.289. The lowest BCUT2D eigenvalue weighted by atomic mass is 10.2. The monoisotopic (exact) mass is 272 g/mol. The van der Waals surface area contributed by atoms with E-state index < -0.39 is 0 Å². The number of hydrogen-bond acceptors (Lipinski definition) is 3. The van der Waals surface area contributed by atoms with E-state index in [4.69, 9.17) is 13.9 Å². The molecule has 4 heteroatoms. The SMILES string of the molecule is COc1ccccc1OCc1coc2c(F)cccc12. The van der Waals surface area contributed by atoms with Crippen molar-refractivity contribution in [3.05, 3.63) is 60.1 Å². The van der Waals surface area contributed by atoms with Crippen LogP contribution in [0.2, 0.25) is 0 Å². The molecule has 0 spiro atoms. The molecule has 0 aliphatic carbocycles. The van der Waals surface area contributed by atoms with Crippen molar-refractivity contribution in [3.63, 3.8) is 0 Å². The van der Waals surface area contributed by atoms with E-state index in [9.17, 15) is 4.39 Å². The van der Waals surface area contributed by atoms with E-state index in [-0.39, 0.29) is 18.0 Å². The third-order valence-corrected chi connectivity index (χ3v) is 3.08. The fourth-order valence-electron chi connectivity index (χ4n) is 2.08. The van der Waals surface area contributed by atoms with Crippen molar-refractivity contribution in [2.75, 3.05) is 7.11 Å². The van der Waals surface area contributed by atoms with Gasteiger partial charge in [-0.3, -0.25) is 0 Å². The molecule has 0 aliphatic rings. The molecule has 0 aliphatic heterocycles. The summed E-state index contributed by atoms with van der Waals surface area (Å²) in [6.07, 6.45) is 1.52. The molecule has 1 aromatic heterocycles. The van der Waals surface area contributed by atoms with Crippen LogP contribution in [-0.4, -0.2) is 7.11 Å². The standard InChI is InChI=1S/C16H13FO3/c1-18-14-7-2-3-8-15(14)19-9-11-10-20-16-12(11)5-4-6-13(16)17/h2-8,10H,9H2,1H3. The number of para-hydroxylation sites is 3. The van der Waals surface area contributed by atoms with Crippen LogP contribution in [-0.2, 0) is 6.61 Å². The molecule has 0 atom stereocenters. The maximum Gasteiger partial charge on any atom is 0.169 e. The van der Waals surface area contributed by atoms with Gasteiger partial charge in [0.1, 0.15) is 6.61 Å². The van der Waals surface area contributed by atoms with Gasteiger partial charge < -0.3 is 13.9 Å². The van der Waals surface area contributed by atoms with E-state index in [1.807, 2.05) is 30.3 Å². The minimum absolute atomic E-state index is 0.256. The van der Waals surface area contributed by atoms with Crippen molar-refractivity contribution in [1.29, 1.82) is 0 Å². The molecule has 2 aromatic carbocycles. The first-order valence-corrected chi connectivity index (χ1v) is 6.20. The highest BCUT2D eigenvalue weighted by Crippen LogP contribution is 2.29. The molecule has 0 saturated carbocycles. The van der Waals surface area contributed by atoms with Crippen LogP contribution in [0.4, 0.5) is 4.39 Å². The molecule has 3 aromatic rings. The van der Waals surface area contributed by atoms with Gasteiger partial charge in [-0.15, -0.1) is 0 Å². The van der Waals surface area contributed by atoms with Crippen LogP contribution in [0.25, 0.3) is 11.0 Å². The second kappa shape index (κ2) is 5.25. The van der Waals surface area contributed by atoms with Gasteiger partial charge in [-0.25, -0.2) is 4.39 Å². The van der Waals surface area contributed by atoms with E-state index in [0.29, 0.717) is 11.5 Å². The van der Waals surface area contributed by atoms with Crippen molar-refractivity contribution in [1.82, 2.24) is 0 Å². The molecule has 0 bridgehead atoms. The molecular formula is C16H13FO3. The number of halogens is 1. The number of ether oxygens (including phenoxy) is 2. The largest absolute Gasteiger partial charge is 0.493 e. The second-order valence-electron chi connectivity index (χ2n) is 4.32. The van der Waals surface area contributed by atoms with E-state index in [0.717, 1.165) is 10.9 Å². The lowest BCUT2D eigenvalue weighted by Gasteiger charge is -2.09. The van der Waals surface area contributed by atoms with Crippen LogP contribution in [0.1, 0.15) is 5.56 Å². The first-order valence-electron chi connectivity index (χ1n) is 6.20. The Labute approximate surface area is 115 Å². The van der Waals surface area contributed by atoms with Gasteiger partial charge in [-0.2, -0.15) is 0 Å². The summed E-state index contributed by atoms with van der Waals surface area (Å²) < 4.78 is 29.7. The zero-order valence-corrected chi connectivity index (χ0v) is 10.9. The fraction of sp³-hybridized carbons (Fsp3) is 0.125. The van der Waals surface area contributed by atoms with Gasteiger partial charge in [0.15, 0.2) is 22.9 Å². The zero-order valence-electron chi connectivity index (χ0n) is 10.9. The Balaban J connectivity index is 1.85. The van der Waals surface area contributed by atoms with Crippen LogP contribution in [0, 0.1) is 5.82 Å². The van der Waals surface area contributed by atoms with Gasteiger partial charge in [0.2, 0.25) is 0 Å². The maximum atomic E-state index is 13.5. The quantitative estimate of drug-likeness (QED) is 0.714.